The number of carbonyl (C=O) groups excluding carboxylic acids is 4. The van der Waals surface area contributed by atoms with Gasteiger partial charge in [0.25, 0.3) is 0 Å². The lowest BCUT2D eigenvalue weighted by Gasteiger charge is -2.21. The second-order valence-electron chi connectivity index (χ2n) is 21.7. The van der Waals surface area contributed by atoms with Crippen molar-refractivity contribution < 1.29 is 53.8 Å². The number of anilines is 1. The minimum absolute atomic E-state index is 0.0417. The fourth-order valence-electron chi connectivity index (χ4n) is 9.69. The normalized spacial score (nSPS) is 17.6. The summed E-state index contributed by atoms with van der Waals surface area (Å²) < 4.78 is 18.0. The molecule has 17 heteroatoms. The molecule has 1 aliphatic heterocycles. The van der Waals surface area contributed by atoms with Crippen molar-refractivity contribution in [3.63, 3.8) is 0 Å². The quantitative estimate of drug-likeness (QED) is 0.0263. The SMILES string of the molecule is CCCCCCCCCCCCCCC(=O)N[C@H](CSC[C@@H](COC(=O)CCCCCCCCCCCCCC)OC(=O)CCCCCCCCCCCCCC)C(=O)Nc1cn(C[C@H](O)C2OC(O)[C@@H](O)[C@@H]2O)nn1. The highest BCUT2D eigenvalue weighted by Crippen LogP contribution is 2.24. The van der Waals surface area contributed by atoms with E-state index in [4.69, 9.17) is 14.2 Å². The summed E-state index contributed by atoms with van der Waals surface area (Å²) in [4.78, 5) is 53.4. The first-order chi connectivity index (χ1) is 37.0. The van der Waals surface area contributed by atoms with Gasteiger partial charge in [0.1, 0.15) is 43.2 Å². The van der Waals surface area contributed by atoms with Crippen molar-refractivity contribution in [2.75, 3.05) is 23.4 Å². The number of rotatable bonds is 52. The number of aliphatic hydroxyl groups is 4. The summed E-state index contributed by atoms with van der Waals surface area (Å²) in [5.41, 5.74) is 0. The molecule has 0 aliphatic carbocycles. The van der Waals surface area contributed by atoms with Gasteiger partial charge in [-0.25, -0.2) is 4.68 Å². The molecule has 2 amide bonds. The van der Waals surface area contributed by atoms with Gasteiger partial charge in [-0.05, 0) is 19.3 Å². The number of amides is 2. The van der Waals surface area contributed by atoms with Crippen LogP contribution < -0.4 is 10.6 Å². The van der Waals surface area contributed by atoms with Crippen molar-refractivity contribution >= 4 is 41.3 Å². The van der Waals surface area contributed by atoms with Gasteiger partial charge < -0.3 is 45.3 Å². The Morgan fingerprint density at radius 2 is 1.01 bits per heavy atom. The molecule has 1 fully saturated rings. The van der Waals surface area contributed by atoms with E-state index in [9.17, 15) is 39.6 Å². The van der Waals surface area contributed by atoms with Gasteiger partial charge in [0, 0.05) is 30.8 Å². The van der Waals surface area contributed by atoms with Crippen LogP contribution >= 0.6 is 11.8 Å². The highest BCUT2D eigenvalue weighted by Gasteiger charge is 2.45. The fraction of sp³-hybridized carbons (Fsp3) is 0.898. The zero-order valence-electron chi connectivity index (χ0n) is 47.9. The Bertz CT molecular complexity index is 1590. The van der Waals surface area contributed by atoms with E-state index in [-0.39, 0.29) is 61.2 Å². The van der Waals surface area contributed by atoms with Crippen molar-refractivity contribution in [3.8, 4) is 0 Å². The maximum absolute atomic E-state index is 13.9. The number of ether oxygens (including phenoxy) is 3. The lowest BCUT2D eigenvalue weighted by molar-refractivity contribution is -0.157. The molecule has 1 saturated heterocycles. The van der Waals surface area contributed by atoms with Crippen molar-refractivity contribution in [2.24, 2.45) is 0 Å². The lowest BCUT2D eigenvalue weighted by atomic mass is 10.0. The maximum Gasteiger partial charge on any atom is 0.306 e. The Morgan fingerprint density at radius 3 is 1.45 bits per heavy atom. The molecule has 1 aromatic heterocycles. The first-order valence-corrected chi connectivity index (χ1v) is 31.9. The Labute approximate surface area is 463 Å². The van der Waals surface area contributed by atoms with Gasteiger partial charge in [-0.1, -0.05) is 238 Å². The van der Waals surface area contributed by atoms with Crippen LogP contribution in [0.4, 0.5) is 5.82 Å². The molecule has 2 unspecified atom stereocenters. The predicted molar refractivity (Wildman–Crippen MR) is 305 cm³/mol. The summed E-state index contributed by atoms with van der Waals surface area (Å²) in [6.45, 7) is 6.38. The molecule has 1 aliphatic rings. The van der Waals surface area contributed by atoms with E-state index in [1.807, 2.05) is 0 Å². The molecular formula is C59H109N5O11S. The Morgan fingerprint density at radius 1 is 0.592 bits per heavy atom. The van der Waals surface area contributed by atoms with Crippen molar-refractivity contribution in [1.29, 1.82) is 0 Å². The first kappa shape index (κ1) is 69.3. The molecular weight excluding hydrogens is 987 g/mol. The number of aromatic nitrogens is 3. The molecule has 0 aromatic carbocycles. The number of hydrogen-bond donors (Lipinski definition) is 6. The lowest BCUT2D eigenvalue weighted by Crippen LogP contribution is -2.45. The molecule has 16 nitrogen and oxygen atoms in total. The van der Waals surface area contributed by atoms with Gasteiger partial charge in [-0.15, -0.1) is 5.10 Å². The van der Waals surface area contributed by atoms with Crippen LogP contribution in [-0.4, -0.2) is 120 Å². The third-order valence-corrected chi connectivity index (χ3v) is 15.7. The van der Waals surface area contributed by atoms with E-state index in [1.165, 1.54) is 183 Å². The van der Waals surface area contributed by atoms with Crippen LogP contribution in [0, 0.1) is 0 Å². The van der Waals surface area contributed by atoms with E-state index in [0.717, 1.165) is 57.8 Å². The highest BCUT2D eigenvalue weighted by molar-refractivity contribution is 7.99. The average Bonchev–Trinajstić information content (AvgIpc) is 3.95. The maximum atomic E-state index is 13.9. The van der Waals surface area contributed by atoms with Crippen molar-refractivity contribution in [2.45, 2.75) is 321 Å². The zero-order chi connectivity index (χ0) is 55.3. The summed E-state index contributed by atoms with van der Waals surface area (Å²) in [5.74, 6) is -1.13. The average molecular weight is 1100 g/mol. The fourth-order valence-corrected chi connectivity index (χ4v) is 10.7. The van der Waals surface area contributed by atoms with Gasteiger partial charge in [0.2, 0.25) is 11.8 Å². The van der Waals surface area contributed by atoms with E-state index in [0.29, 0.717) is 19.3 Å². The number of hydrogen-bond acceptors (Lipinski definition) is 14. The van der Waals surface area contributed by atoms with Crippen molar-refractivity contribution in [3.05, 3.63) is 6.20 Å². The van der Waals surface area contributed by atoms with Gasteiger partial charge in [0.05, 0.1) is 12.7 Å². The molecule has 442 valence electrons. The predicted octanol–water partition coefficient (Wildman–Crippen LogP) is 12.0. The van der Waals surface area contributed by atoms with E-state index in [2.05, 4.69) is 41.7 Å². The van der Waals surface area contributed by atoms with Gasteiger partial charge in [-0.2, -0.15) is 11.8 Å². The zero-order valence-corrected chi connectivity index (χ0v) is 48.7. The molecule has 1 aromatic rings. The van der Waals surface area contributed by atoms with Crippen LogP contribution in [0.1, 0.15) is 271 Å². The minimum atomic E-state index is -1.65. The number of thioether (sulfide) groups is 1. The summed E-state index contributed by atoms with van der Waals surface area (Å²) in [7, 11) is 0. The molecule has 76 heavy (non-hydrogen) atoms. The molecule has 0 saturated carbocycles. The third-order valence-electron chi connectivity index (χ3n) is 14.5. The molecule has 2 rings (SSSR count). The number of nitrogens with zero attached hydrogens (tertiary/aromatic N) is 3. The first-order valence-electron chi connectivity index (χ1n) is 30.8. The van der Waals surface area contributed by atoms with Crippen LogP contribution in [0.25, 0.3) is 0 Å². The van der Waals surface area contributed by atoms with E-state index >= 15 is 0 Å². The topological polar surface area (TPSA) is 232 Å². The molecule has 0 spiro atoms. The highest BCUT2D eigenvalue weighted by atomic mass is 32.2. The van der Waals surface area contributed by atoms with Crippen LogP contribution in [-0.2, 0) is 39.9 Å². The minimum Gasteiger partial charge on any atom is -0.462 e. The summed E-state index contributed by atoms with van der Waals surface area (Å²) in [6.07, 6.45) is 36.5. The third kappa shape index (κ3) is 35.6. The molecule has 2 heterocycles. The van der Waals surface area contributed by atoms with E-state index < -0.39 is 48.8 Å². The number of unbranched alkanes of at least 4 members (excludes halogenated alkanes) is 33. The molecule has 7 atom stereocenters. The number of aliphatic hydroxyl groups excluding tert-OH is 4. The molecule has 6 N–H and O–H groups in total. The van der Waals surface area contributed by atoms with Crippen LogP contribution in [0.5, 0.6) is 0 Å². The summed E-state index contributed by atoms with van der Waals surface area (Å²) >= 11 is 1.31. The Kier molecular flexibility index (Phi) is 42.9. The van der Waals surface area contributed by atoms with Gasteiger partial charge in [0.15, 0.2) is 12.1 Å². The van der Waals surface area contributed by atoms with Crippen LogP contribution in [0.2, 0.25) is 0 Å². The van der Waals surface area contributed by atoms with Gasteiger partial charge in [-0.3, -0.25) is 19.2 Å². The smallest absolute Gasteiger partial charge is 0.306 e. The standard InChI is InChI=1S/C59H109N5O11S/c1-4-7-10-13-16-19-22-25-28-31-34-37-40-52(66)60-49(58(71)61-51-44-64(63-62-51)43-50(65)57-55(69)56(70)59(72)75-57)47-76-46-48(74-54(68)42-39-36-33-30-27-24-21-18-15-12-9-6-3)45-73-53(67)41-38-35-32-29-26-23-20-17-14-11-8-5-2/h44,48-50,55-57,59,65,69-70,72H,4-43,45-47H2,1-3H3,(H,60,66)(H,61,71)/t48-,49-,50+,55+,56+,57?,59?/m1/s1. The number of carbonyl (C=O) groups is 4. The summed E-state index contributed by atoms with van der Waals surface area (Å²) in [5, 5.41) is 54.1. The van der Waals surface area contributed by atoms with Crippen molar-refractivity contribution in [1.82, 2.24) is 20.3 Å². The second-order valence-corrected chi connectivity index (χ2v) is 22.8. The Balaban J connectivity index is 1.99. The van der Waals surface area contributed by atoms with E-state index in [1.54, 1.807) is 0 Å². The molecule has 0 bridgehead atoms. The summed E-state index contributed by atoms with van der Waals surface area (Å²) in [6, 6.07) is -1.01. The Hall–Kier alpha value is -2.83. The van der Waals surface area contributed by atoms with Crippen LogP contribution in [0.15, 0.2) is 6.20 Å². The number of esters is 2. The largest absolute Gasteiger partial charge is 0.462 e. The number of nitrogens with one attached hydrogen (secondary N) is 2. The second kappa shape index (κ2) is 47.0. The molecule has 0 radical (unpaired) electrons. The van der Waals surface area contributed by atoms with Gasteiger partial charge >= 0.3 is 11.9 Å². The van der Waals surface area contributed by atoms with Crippen LogP contribution in [0.3, 0.4) is 0 Å². The monoisotopic (exact) mass is 1100 g/mol.